The van der Waals surface area contributed by atoms with Crippen molar-refractivity contribution in [3.8, 4) is 6.07 Å². The van der Waals surface area contributed by atoms with Gasteiger partial charge in [0.2, 0.25) is 0 Å². The topological polar surface area (TPSA) is 63.0 Å². The van der Waals surface area contributed by atoms with Gasteiger partial charge in [0.15, 0.2) is 0 Å². The number of alkyl halides is 5. The average molecular weight is 308 g/mol. The van der Waals surface area contributed by atoms with Crippen LogP contribution in [-0.2, 0) is 22.1 Å². The quantitative estimate of drug-likeness (QED) is 0.633. The molecule has 0 aliphatic carbocycles. The summed E-state index contributed by atoms with van der Waals surface area (Å²) in [4.78, 5) is 14.5. The standard InChI is InChI=1S/C12H9F5N2O2/c1-2-21-10(20)3-6-7(12(15,16)17)4-8(11(13)14)19-9(6)5-18/h4,11H,2-3H2,1H3. The van der Waals surface area contributed by atoms with Crippen LogP contribution >= 0.6 is 0 Å². The highest BCUT2D eigenvalue weighted by Gasteiger charge is 2.37. The molecule has 21 heavy (non-hydrogen) atoms. The minimum atomic E-state index is -5.00. The average Bonchev–Trinajstić information content (AvgIpc) is 2.37. The number of rotatable bonds is 4. The third kappa shape index (κ3) is 4.11. The van der Waals surface area contributed by atoms with Gasteiger partial charge in [-0.2, -0.15) is 18.4 Å². The van der Waals surface area contributed by atoms with Crippen molar-refractivity contribution in [2.24, 2.45) is 0 Å². The molecule has 0 aliphatic rings. The van der Waals surface area contributed by atoms with E-state index < -0.39 is 47.5 Å². The Hall–Kier alpha value is -2.24. The molecule has 0 spiro atoms. The summed E-state index contributed by atoms with van der Waals surface area (Å²) in [6.07, 6.45) is -9.14. The molecule has 0 saturated carbocycles. The maximum Gasteiger partial charge on any atom is 0.416 e. The maximum atomic E-state index is 12.9. The van der Waals surface area contributed by atoms with Crippen LogP contribution in [0.25, 0.3) is 0 Å². The Labute approximate surface area is 116 Å². The van der Waals surface area contributed by atoms with Crippen molar-refractivity contribution >= 4 is 5.97 Å². The van der Waals surface area contributed by atoms with E-state index in [0.29, 0.717) is 0 Å². The number of nitrogens with zero attached hydrogens (tertiary/aromatic N) is 2. The van der Waals surface area contributed by atoms with Gasteiger partial charge < -0.3 is 4.74 Å². The van der Waals surface area contributed by atoms with Crippen LogP contribution in [0, 0.1) is 11.3 Å². The fourth-order valence-electron chi connectivity index (χ4n) is 1.58. The Morgan fingerprint density at radius 3 is 2.52 bits per heavy atom. The molecule has 0 amide bonds. The number of hydrogen-bond donors (Lipinski definition) is 0. The van der Waals surface area contributed by atoms with E-state index in [1.54, 1.807) is 0 Å². The molecule has 0 fully saturated rings. The fraction of sp³-hybridized carbons (Fsp3) is 0.417. The highest BCUT2D eigenvalue weighted by Crippen LogP contribution is 2.35. The van der Waals surface area contributed by atoms with Crippen LogP contribution in [0.2, 0.25) is 0 Å². The van der Waals surface area contributed by atoms with E-state index in [1.165, 1.54) is 13.0 Å². The molecule has 0 aliphatic heterocycles. The zero-order chi connectivity index (χ0) is 16.2. The number of ether oxygens (including phenoxy) is 1. The van der Waals surface area contributed by atoms with Gasteiger partial charge in [0.05, 0.1) is 18.6 Å². The molecule has 0 N–H and O–H groups in total. The van der Waals surface area contributed by atoms with E-state index in [1.807, 2.05) is 0 Å². The van der Waals surface area contributed by atoms with Crippen LogP contribution in [0.4, 0.5) is 22.0 Å². The number of esters is 1. The van der Waals surface area contributed by atoms with E-state index in [4.69, 9.17) is 5.26 Å². The molecule has 0 unspecified atom stereocenters. The zero-order valence-corrected chi connectivity index (χ0v) is 10.7. The minimum Gasteiger partial charge on any atom is -0.466 e. The van der Waals surface area contributed by atoms with Crippen LogP contribution in [0.5, 0.6) is 0 Å². The number of carbonyl (C=O) groups excluding carboxylic acids is 1. The van der Waals surface area contributed by atoms with E-state index in [-0.39, 0.29) is 12.7 Å². The Kier molecular flexibility index (Phi) is 5.18. The number of pyridine rings is 1. The molecule has 0 radical (unpaired) electrons. The van der Waals surface area contributed by atoms with Crippen molar-refractivity contribution in [3.63, 3.8) is 0 Å². The van der Waals surface area contributed by atoms with Crippen molar-refractivity contribution < 1.29 is 31.5 Å². The molecule has 1 aromatic rings. The highest BCUT2D eigenvalue weighted by molar-refractivity contribution is 5.74. The second kappa shape index (κ2) is 6.47. The molecule has 1 rings (SSSR count). The summed E-state index contributed by atoms with van der Waals surface area (Å²) in [6, 6.07) is 1.44. The third-order valence-corrected chi connectivity index (χ3v) is 2.41. The van der Waals surface area contributed by atoms with Crippen LogP contribution in [0.1, 0.15) is 35.9 Å². The van der Waals surface area contributed by atoms with E-state index in [2.05, 4.69) is 9.72 Å². The van der Waals surface area contributed by atoms with Crippen molar-refractivity contribution in [1.82, 2.24) is 4.98 Å². The molecular formula is C12H9F5N2O2. The maximum absolute atomic E-state index is 12.9. The van der Waals surface area contributed by atoms with Crippen molar-refractivity contribution in [2.45, 2.75) is 25.9 Å². The smallest absolute Gasteiger partial charge is 0.416 e. The summed E-state index contributed by atoms with van der Waals surface area (Å²) in [5, 5.41) is 8.78. The van der Waals surface area contributed by atoms with Crippen LogP contribution < -0.4 is 0 Å². The van der Waals surface area contributed by atoms with Gasteiger partial charge in [0, 0.05) is 5.56 Å². The molecule has 1 aromatic heterocycles. The first kappa shape index (κ1) is 16.8. The van der Waals surface area contributed by atoms with Crippen molar-refractivity contribution in [3.05, 3.63) is 28.6 Å². The van der Waals surface area contributed by atoms with Gasteiger partial charge in [0.25, 0.3) is 6.43 Å². The van der Waals surface area contributed by atoms with Crippen molar-refractivity contribution in [2.75, 3.05) is 6.61 Å². The Bertz CT molecular complexity index is 578. The summed E-state index contributed by atoms with van der Waals surface area (Å²) in [6.45, 7) is 1.39. The first-order chi connectivity index (χ1) is 9.70. The summed E-state index contributed by atoms with van der Waals surface area (Å²) in [5.41, 5.74) is -4.30. The summed E-state index contributed by atoms with van der Waals surface area (Å²) >= 11 is 0. The molecular weight excluding hydrogens is 299 g/mol. The molecule has 114 valence electrons. The Balaban J connectivity index is 3.45. The van der Waals surface area contributed by atoms with Gasteiger partial charge in [-0.25, -0.2) is 13.8 Å². The monoisotopic (exact) mass is 308 g/mol. The normalized spacial score (nSPS) is 11.3. The molecule has 1 heterocycles. The molecule has 0 aromatic carbocycles. The molecule has 9 heteroatoms. The Morgan fingerprint density at radius 1 is 1.48 bits per heavy atom. The molecule has 0 saturated heterocycles. The van der Waals surface area contributed by atoms with Crippen LogP contribution in [-0.4, -0.2) is 17.6 Å². The first-order valence-electron chi connectivity index (χ1n) is 5.65. The second-order valence-corrected chi connectivity index (χ2v) is 3.81. The zero-order valence-electron chi connectivity index (χ0n) is 10.7. The summed E-state index contributed by atoms with van der Waals surface area (Å²) in [5.74, 6) is -1.01. The SMILES string of the molecule is CCOC(=O)Cc1c(C(F)(F)F)cc(C(F)F)nc1C#N. The van der Waals surface area contributed by atoms with Gasteiger partial charge in [-0.15, -0.1) is 0 Å². The number of halogens is 5. The highest BCUT2D eigenvalue weighted by atomic mass is 19.4. The molecule has 0 bridgehead atoms. The second-order valence-electron chi connectivity index (χ2n) is 3.81. The third-order valence-electron chi connectivity index (χ3n) is 2.41. The predicted molar refractivity (Wildman–Crippen MR) is 59.2 cm³/mol. The number of nitriles is 1. The van der Waals surface area contributed by atoms with E-state index >= 15 is 0 Å². The largest absolute Gasteiger partial charge is 0.466 e. The number of hydrogen-bond acceptors (Lipinski definition) is 4. The predicted octanol–water partition coefficient (Wildman–Crippen LogP) is 3.02. The van der Waals surface area contributed by atoms with Gasteiger partial charge in [-0.1, -0.05) is 0 Å². The van der Waals surface area contributed by atoms with Crippen LogP contribution in [0.3, 0.4) is 0 Å². The fourth-order valence-corrected chi connectivity index (χ4v) is 1.58. The van der Waals surface area contributed by atoms with E-state index in [9.17, 15) is 26.7 Å². The Morgan fingerprint density at radius 2 is 2.10 bits per heavy atom. The lowest BCUT2D eigenvalue weighted by atomic mass is 10.0. The molecule has 4 nitrogen and oxygen atoms in total. The molecule has 0 atom stereocenters. The minimum absolute atomic E-state index is 0.0649. The lowest BCUT2D eigenvalue weighted by molar-refractivity contribution is -0.143. The summed E-state index contributed by atoms with van der Waals surface area (Å²) < 4.78 is 68.3. The number of aromatic nitrogens is 1. The van der Waals surface area contributed by atoms with Gasteiger partial charge >= 0.3 is 12.1 Å². The van der Waals surface area contributed by atoms with Gasteiger partial charge in [-0.05, 0) is 13.0 Å². The van der Waals surface area contributed by atoms with Gasteiger partial charge in [-0.3, -0.25) is 4.79 Å². The van der Waals surface area contributed by atoms with Crippen LogP contribution in [0.15, 0.2) is 6.07 Å². The first-order valence-corrected chi connectivity index (χ1v) is 5.65. The van der Waals surface area contributed by atoms with Gasteiger partial charge in [0.1, 0.15) is 17.5 Å². The summed E-state index contributed by atoms with van der Waals surface area (Å²) in [7, 11) is 0. The lowest BCUT2D eigenvalue weighted by Gasteiger charge is -2.15. The van der Waals surface area contributed by atoms with E-state index in [0.717, 1.165) is 0 Å². The van der Waals surface area contributed by atoms with Crippen molar-refractivity contribution in [1.29, 1.82) is 5.26 Å². The number of carbonyl (C=O) groups is 1. The lowest BCUT2D eigenvalue weighted by Crippen LogP contribution is -2.18.